The molecule has 6 heteroatoms. The van der Waals surface area contributed by atoms with Gasteiger partial charge in [0.1, 0.15) is 0 Å². The molecule has 0 bridgehead atoms. The summed E-state index contributed by atoms with van der Waals surface area (Å²) < 4.78 is 0. The number of H-pyrrole nitrogens is 2. The van der Waals surface area contributed by atoms with Crippen LogP contribution in [0.2, 0.25) is 0 Å². The Morgan fingerprint density at radius 1 is 1.30 bits per heavy atom. The summed E-state index contributed by atoms with van der Waals surface area (Å²) in [6, 6.07) is 0.765. The minimum absolute atomic E-state index is 0. The maximum atomic E-state index is 10.2. The first-order valence-electron chi connectivity index (χ1n) is 2.19. The van der Waals surface area contributed by atoms with Gasteiger partial charge in [0.2, 0.25) is 0 Å². The van der Waals surface area contributed by atoms with Crippen LogP contribution in [0.3, 0.4) is 0 Å². The van der Waals surface area contributed by atoms with Crippen molar-refractivity contribution in [3.8, 4) is 5.88 Å². The number of hydrogen-bond acceptors (Lipinski definition) is 3. The predicted octanol–water partition coefficient (Wildman–Crippen LogP) is -4.86. The summed E-state index contributed by atoms with van der Waals surface area (Å²) in [5.41, 5.74) is -1.45. The molecule has 2 N–H and O–H groups in total. The van der Waals surface area contributed by atoms with E-state index < -0.39 is 17.1 Å². The van der Waals surface area contributed by atoms with E-state index in [1.807, 2.05) is 9.97 Å². The van der Waals surface area contributed by atoms with Gasteiger partial charge in [0.15, 0.2) is 0 Å². The molecule has 0 radical (unpaired) electrons. The third-order valence-corrected chi connectivity index (χ3v) is 0.736. The Morgan fingerprint density at radius 2 is 1.90 bits per heavy atom. The van der Waals surface area contributed by atoms with Crippen molar-refractivity contribution in [2.45, 2.75) is 0 Å². The maximum absolute atomic E-state index is 10.2. The molecule has 0 unspecified atom stereocenters. The Bertz CT molecular complexity index is 287. The minimum atomic E-state index is -0.771. The summed E-state index contributed by atoms with van der Waals surface area (Å²) in [4.78, 5) is 24.1. The number of aromatic amines is 2. The first-order valence-corrected chi connectivity index (χ1v) is 2.19. The third kappa shape index (κ3) is 2.38. The van der Waals surface area contributed by atoms with Crippen LogP contribution in [0, 0.1) is 0 Å². The molecule has 1 aromatic heterocycles. The maximum Gasteiger partial charge on any atom is 1.00 e. The minimum Gasteiger partial charge on any atom is -0.860 e. The van der Waals surface area contributed by atoms with Crippen molar-refractivity contribution in [3.05, 3.63) is 26.9 Å². The first-order chi connectivity index (χ1) is 4.18. The van der Waals surface area contributed by atoms with E-state index in [1.54, 1.807) is 0 Å². The van der Waals surface area contributed by atoms with Crippen molar-refractivity contribution in [2.24, 2.45) is 0 Å². The van der Waals surface area contributed by atoms with Crippen LogP contribution in [-0.2, 0) is 0 Å². The molecule has 0 atom stereocenters. The van der Waals surface area contributed by atoms with Gasteiger partial charge in [-0.2, -0.15) is 0 Å². The number of hydrogen-bond donors (Lipinski definition) is 2. The molecular weight excluding hydrogens is 147 g/mol. The quantitative estimate of drug-likeness (QED) is 0.363. The zero-order valence-corrected chi connectivity index (χ0v) is 7.30. The van der Waals surface area contributed by atoms with Gasteiger partial charge in [-0.15, -0.1) is 0 Å². The normalized spacial score (nSPS) is 8.40. The van der Waals surface area contributed by atoms with Crippen molar-refractivity contribution in [3.63, 3.8) is 0 Å². The predicted molar refractivity (Wildman–Crippen MR) is 27.1 cm³/mol. The first kappa shape index (κ1) is 9.48. The van der Waals surface area contributed by atoms with Crippen LogP contribution >= 0.6 is 0 Å². The molecule has 0 amide bonds. The van der Waals surface area contributed by atoms with E-state index in [9.17, 15) is 14.7 Å². The summed E-state index contributed by atoms with van der Waals surface area (Å²) in [7, 11) is 0. The van der Waals surface area contributed by atoms with Crippen LogP contribution in [0.1, 0.15) is 0 Å². The van der Waals surface area contributed by atoms with Crippen LogP contribution in [0.15, 0.2) is 15.7 Å². The molecule has 0 fully saturated rings. The van der Waals surface area contributed by atoms with E-state index >= 15 is 0 Å². The van der Waals surface area contributed by atoms with E-state index in [4.69, 9.17) is 0 Å². The Kier molecular flexibility index (Phi) is 3.41. The van der Waals surface area contributed by atoms with E-state index in [1.165, 1.54) is 0 Å². The summed E-state index contributed by atoms with van der Waals surface area (Å²) >= 11 is 0. The Balaban J connectivity index is 0.000000810. The topological polar surface area (TPSA) is 88.8 Å². The molecule has 0 aromatic carbocycles. The van der Waals surface area contributed by atoms with Gasteiger partial charge < -0.3 is 10.1 Å². The number of rotatable bonds is 0. The summed E-state index contributed by atoms with van der Waals surface area (Å²) in [5.74, 6) is -0.677. The van der Waals surface area contributed by atoms with E-state index in [-0.39, 0.29) is 29.6 Å². The van der Waals surface area contributed by atoms with Gasteiger partial charge in [0, 0.05) is 6.07 Å². The molecule has 0 aliphatic heterocycles. The van der Waals surface area contributed by atoms with Gasteiger partial charge in [-0.05, 0) is 5.88 Å². The molecule has 0 spiro atoms. The second-order valence-electron chi connectivity index (χ2n) is 1.45. The molecule has 1 rings (SSSR count). The van der Waals surface area contributed by atoms with Gasteiger partial charge in [0.05, 0.1) is 0 Å². The fourth-order valence-electron chi connectivity index (χ4n) is 0.446. The van der Waals surface area contributed by atoms with Gasteiger partial charge in [-0.25, -0.2) is 4.79 Å². The molecular formula is C4H3N2NaO3. The van der Waals surface area contributed by atoms with Gasteiger partial charge >= 0.3 is 35.2 Å². The molecule has 0 saturated heterocycles. The smallest absolute Gasteiger partial charge is 0.860 e. The van der Waals surface area contributed by atoms with Crippen LogP contribution in [0.25, 0.3) is 0 Å². The van der Waals surface area contributed by atoms with Gasteiger partial charge in [-0.1, -0.05) is 0 Å². The van der Waals surface area contributed by atoms with Crippen molar-refractivity contribution < 1.29 is 34.7 Å². The van der Waals surface area contributed by atoms with Crippen molar-refractivity contribution in [2.75, 3.05) is 0 Å². The summed E-state index contributed by atoms with van der Waals surface area (Å²) in [6.45, 7) is 0. The van der Waals surface area contributed by atoms with Gasteiger partial charge in [0.25, 0.3) is 5.56 Å². The zero-order valence-electron chi connectivity index (χ0n) is 5.30. The van der Waals surface area contributed by atoms with E-state index in [0.29, 0.717) is 0 Å². The number of nitrogens with one attached hydrogen (secondary N) is 2. The van der Waals surface area contributed by atoms with Crippen LogP contribution in [0.4, 0.5) is 0 Å². The second kappa shape index (κ2) is 3.60. The molecule has 48 valence electrons. The monoisotopic (exact) mass is 150 g/mol. The summed E-state index contributed by atoms with van der Waals surface area (Å²) in [6.07, 6.45) is 0. The Morgan fingerprint density at radius 3 is 2.30 bits per heavy atom. The van der Waals surface area contributed by atoms with Crippen molar-refractivity contribution >= 4 is 0 Å². The SMILES string of the molecule is O=c1cc([O-])[nH]c(=O)[nH]1.[Na+]. The van der Waals surface area contributed by atoms with Crippen molar-refractivity contribution in [1.82, 2.24) is 9.97 Å². The number of aromatic nitrogens is 2. The average Bonchev–Trinajstić information content (AvgIpc) is 1.59. The van der Waals surface area contributed by atoms with Crippen LogP contribution < -0.4 is 45.9 Å². The van der Waals surface area contributed by atoms with E-state index in [0.717, 1.165) is 6.07 Å². The Hall–Kier alpha value is -0.520. The fourth-order valence-corrected chi connectivity index (χ4v) is 0.446. The molecule has 1 heterocycles. The molecule has 1 aromatic rings. The fraction of sp³-hybridized carbons (Fsp3) is 0. The molecule has 0 aliphatic rings. The molecule has 10 heavy (non-hydrogen) atoms. The molecule has 5 nitrogen and oxygen atoms in total. The standard InChI is InChI=1S/C4H4N2O3.Na/c7-2-1-3(8)6-4(9)5-2;/h1H,(H3,5,6,7,8,9);/q;+1/p-1. The Labute approximate surface area is 77.4 Å². The van der Waals surface area contributed by atoms with E-state index in [2.05, 4.69) is 0 Å². The van der Waals surface area contributed by atoms with Crippen LogP contribution in [0.5, 0.6) is 5.88 Å². The van der Waals surface area contributed by atoms with Crippen molar-refractivity contribution in [1.29, 1.82) is 0 Å². The molecule has 0 saturated carbocycles. The van der Waals surface area contributed by atoms with Crippen LogP contribution in [-0.4, -0.2) is 9.97 Å². The summed E-state index contributed by atoms with van der Waals surface area (Å²) in [5, 5.41) is 10.2. The largest absolute Gasteiger partial charge is 1.00 e. The van der Waals surface area contributed by atoms with Gasteiger partial charge in [-0.3, -0.25) is 9.78 Å². The second-order valence-corrected chi connectivity index (χ2v) is 1.45. The molecule has 0 aliphatic carbocycles. The zero-order chi connectivity index (χ0) is 6.85. The third-order valence-electron chi connectivity index (χ3n) is 0.736. The average molecular weight is 150 g/mol.